The molecule has 1 saturated heterocycles. The Morgan fingerprint density at radius 2 is 1.96 bits per heavy atom. The fraction of sp³-hybridized carbons (Fsp3) is 0.579. The first-order chi connectivity index (χ1) is 12.6. The minimum atomic E-state index is -0.410. The summed E-state index contributed by atoms with van der Waals surface area (Å²) in [4.78, 5) is 26.2. The molecule has 26 heavy (non-hydrogen) atoms. The molecule has 1 N–H and O–H groups in total. The molecule has 7 nitrogen and oxygen atoms in total. The van der Waals surface area contributed by atoms with Gasteiger partial charge in [-0.1, -0.05) is 25.7 Å². The molecule has 140 valence electrons. The number of ether oxygens (including phenoxy) is 1. The van der Waals surface area contributed by atoms with E-state index in [9.17, 15) is 9.59 Å². The van der Waals surface area contributed by atoms with Gasteiger partial charge in [0.2, 0.25) is 0 Å². The van der Waals surface area contributed by atoms with E-state index < -0.39 is 5.76 Å². The summed E-state index contributed by atoms with van der Waals surface area (Å²) in [7, 11) is 1.66. The Labute approximate surface area is 151 Å². The number of carbonyl (C=O) groups is 1. The smallest absolute Gasteiger partial charge is 0.408 e. The summed E-state index contributed by atoms with van der Waals surface area (Å²) in [6.45, 7) is 1.82. The van der Waals surface area contributed by atoms with Crippen molar-refractivity contribution in [3.05, 3.63) is 28.7 Å². The molecule has 0 radical (unpaired) electrons. The number of nitrogens with zero attached hydrogens (tertiary/aromatic N) is 2. The number of amides is 2. The second kappa shape index (κ2) is 6.79. The third kappa shape index (κ3) is 3.23. The average Bonchev–Trinajstić information content (AvgIpc) is 2.79. The zero-order valence-electron chi connectivity index (χ0n) is 15.1. The number of morpholine rings is 1. The molecular weight excluding hydrogens is 334 g/mol. The van der Waals surface area contributed by atoms with Crippen molar-refractivity contribution in [2.75, 3.05) is 25.0 Å². The molecule has 7 heteroatoms. The lowest BCUT2D eigenvalue weighted by Crippen LogP contribution is -2.54. The van der Waals surface area contributed by atoms with Crippen molar-refractivity contribution < 1.29 is 13.9 Å². The number of hydrogen-bond acceptors (Lipinski definition) is 4. The Hall–Kier alpha value is -2.28. The number of anilines is 1. The molecule has 1 spiro atoms. The molecule has 0 atom stereocenters. The summed E-state index contributed by atoms with van der Waals surface area (Å²) in [6.07, 6.45) is 6.88. The molecule has 2 fully saturated rings. The number of carbonyl (C=O) groups excluding carboxylic acids is 1. The zero-order valence-corrected chi connectivity index (χ0v) is 15.1. The number of aryl methyl sites for hydroxylation is 1. The third-order valence-corrected chi connectivity index (χ3v) is 5.59. The van der Waals surface area contributed by atoms with Crippen molar-refractivity contribution in [2.45, 2.75) is 44.1 Å². The van der Waals surface area contributed by atoms with Crippen LogP contribution in [0.15, 0.2) is 27.4 Å². The van der Waals surface area contributed by atoms with Crippen LogP contribution in [0, 0.1) is 0 Å². The molecule has 1 aromatic carbocycles. The Bertz CT molecular complexity index is 861. The highest BCUT2D eigenvalue weighted by molar-refractivity contribution is 5.91. The second-order valence-corrected chi connectivity index (χ2v) is 7.41. The van der Waals surface area contributed by atoms with Gasteiger partial charge in [-0.3, -0.25) is 4.57 Å². The summed E-state index contributed by atoms with van der Waals surface area (Å²) >= 11 is 0. The molecule has 2 aliphatic rings. The molecule has 4 rings (SSSR count). The summed E-state index contributed by atoms with van der Waals surface area (Å²) in [5, 5.41) is 2.93. The first-order valence-electron chi connectivity index (χ1n) is 9.36. The minimum Gasteiger partial charge on any atom is -0.408 e. The van der Waals surface area contributed by atoms with Gasteiger partial charge < -0.3 is 19.4 Å². The number of oxazole rings is 1. The minimum absolute atomic E-state index is 0.130. The third-order valence-electron chi connectivity index (χ3n) is 5.59. The predicted molar refractivity (Wildman–Crippen MR) is 98.4 cm³/mol. The predicted octanol–water partition coefficient (Wildman–Crippen LogP) is 3.09. The normalized spacial score (nSPS) is 20.3. The fourth-order valence-electron chi connectivity index (χ4n) is 4.11. The lowest BCUT2D eigenvalue weighted by atomic mass is 9.92. The van der Waals surface area contributed by atoms with Crippen LogP contribution in [0.4, 0.5) is 10.5 Å². The topological polar surface area (TPSA) is 76.7 Å². The van der Waals surface area contributed by atoms with Gasteiger partial charge in [0.1, 0.15) is 0 Å². The van der Waals surface area contributed by atoms with Crippen molar-refractivity contribution >= 4 is 22.8 Å². The van der Waals surface area contributed by atoms with Gasteiger partial charge in [0.15, 0.2) is 5.58 Å². The summed E-state index contributed by atoms with van der Waals surface area (Å²) in [5.74, 6) is -0.410. The van der Waals surface area contributed by atoms with E-state index in [-0.39, 0.29) is 11.6 Å². The van der Waals surface area contributed by atoms with Gasteiger partial charge in [-0.25, -0.2) is 9.59 Å². The van der Waals surface area contributed by atoms with Gasteiger partial charge in [0, 0.05) is 25.3 Å². The van der Waals surface area contributed by atoms with E-state index in [4.69, 9.17) is 9.15 Å². The maximum absolute atomic E-state index is 12.7. The standard InChI is InChI=1S/C19H25N3O4/c1-21-15-7-6-14(12-16(15)26-18(21)24)20-17(23)22-10-11-25-19(13-22)8-4-2-3-5-9-19/h6-7,12H,2-5,8-11,13H2,1H3,(H,20,23). The highest BCUT2D eigenvalue weighted by atomic mass is 16.5. The van der Waals surface area contributed by atoms with Crippen molar-refractivity contribution in [1.82, 2.24) is 9.47 Å². The summed E-state index contributed by atoms with van der Waals surface area (Å²) in [5.41, 5.74) is 1.62. The van der Waals surface area contributed by atoms with Crippen LogP contribution in [-0.4, -0.2) is 40.8 Å². The maximum Gasteiger partial charge on any atom is 0.419 e. The van der Waals surface area contributed by atoms with Crippen molar-refractivity contribution in [1.29, 1.82) is 0 Å². The van der Waals surface area contributed by atoms with Gasteiger partial charge in [-0.05, 0) is 25.0 Å². The Kier molecular flexibility index (Phi) is 4.48. The number of benzene rings is 1. The average molecular weight is 359 g/mol. The molecule has 1 aliphatic carbocycles. The Morgan fingerprint density at radius 3 is 2.73 bits per heavy atom. The largest absolute Gasteiger partial charge is 0.419 e. The second-order valence-electron chi connectivity index (χ2n) is 7.41. The first-order valence-corrected chi connectivity index (χ1v) is 9.36. The van der Waals surface area contributed by atoms with Crippen molar-refractivity contribution in [3.63, 3.8) is 0 Å². The van der Waals surface area contributed by atoms with Crippen LogP contribution >= 0.6 is 0 Å². The number of fused-ring (bicyclic) bond motifs is 1. The number of urea groups is 1. The quantitative estimate of drug-likeness (QED) is 0.849. The van der Waals surface area contributed by atoms with E-state index in [2.05, 4.69) is 5.32 Å². The van der Waals surface area contributed by atoms with Crippen LogP contribution in [-0.2, 0) is 11.8 Å². The van der Waals surface area contributed by atoms with Gasteiger partial charge in [-0.15, -0.1) is 0 Å². The fourth-order valence-corrected chi connectivity index (χ4v) is 4.11. The molecule has 1 aromatic heterocycles. The SMILES string of the molecule is Cn1c(=O)oc2cc(NC(=O)N3CCOC4(CCCCCC4)C3)ccc21. The number of rotatable bonds is 1. The highest BCUT2D eigenvalue weighted by Gasteiger charge is 2.38. The van der Waals surface area contributed by atoms with E-state index in [0.717, 1.165) is 12.8 Å². The monoisotopic (exact) mass is 359 g/mol. The van der Waals surface area contributed by atoms with Crippen molar-refractivity contribution in [3.8, 4) is 0 Å². The Balaban J connectivity index is 1.48. The number of nitrogens with one attached hydrogen (secondary N) is 1. The van der Waals surface area contributed by atoms with Crippen molar-refractivity contribution in [2.24, 2.45) is 7.05 Å². The van der Waals surface area contributed by atoms with Gasteiger partial charge in [-0.2, -0.15) is 0 Å². The first kappa shape index (κ1) is 17.1. The Morgan fingerprint density at radius 1 is 1.19 bits per heavy atom. The molecule has 0 unspecified atom stereocenters. The maximum atomic E-state index is 12.7. The molecular formula is C19H25N3O4. The van der Waals surface area contributed by atoms with Crippen LogP contribution in [0.25, 0.3) is 11.1 Å². The van der Waals surface area contributed by atoms with E-state index >= 15 is 0 Å². The van der Waals surface area contributed by atoms with Crippen LogP contribution in [0.5, 0.6) is 0 Å². The molecule has 1 saturated carbocycles. The van der Waals surface area contributed by atoms with Gasteiger partial charge in [0.05, 0.1) is 24.3 Å². The molecule has 2 heterocycles. The molecule has 2 amide bonds. The number of aromatic nitrogens is 1. The van der Waals surface area contributed by atoms with E-state index in [1.807, 2.05) is 4.90 Å². The lowest BCUT2D eigenvalue weighted by Gasteiger charge is -2.42. The molecule has 2 aromatic rings. The van der Waals surface area contributed by atoms with E-state index in [1.54, 1.807) is 25.2 Å². The number of hydrogen-bond donors (Lipinski definition) is 1. The lowest BCUT2D eigenvalue weighted by molar-refractivity contribution is -0.104. The van der Waals surface area contributed by atoms with Gasteiger partial charge in [0.25, 0.3) is 0 Å². The van der Waals surface area contributed by atoms with E-state index in [0.29, 0.717) is 36.5 Å². The van der Waals surface area contributed by atoms with E-state index in [1.165, 1.54) is 30.3 Å². The highest BCUT2D eigenvalue weighted by Crippen LogP contribution is 2.33. The molecule has 1 aliphatic heterocycles. The summed E-state index contributed by atoms with van der Waals surface area (Å²) < 4.78 is 12.8. The molecule has 0 bridgehead atoms. The van der Waals surface area contributed by atoms with Crippen LogP contribution in [0.2, 0.25) is 0 Å². The van der Waals surface area contributed by atoms with Gasteiger partial charge >= 0.3 is 11.8 Å². The van der Waals surface area contributed by atoms with Crippen LogP contribution in [0.3, 0.4) is 0 Å². The van der Waals surface area contributed by atoms with Crippen LogP contribution in [0.1, 0.15) is 38.5 Å². The zero-order chi connectivity index (χ0) is 18.1. The summed E-state index contributed by atoms with van der Waals surface area (Å²) in [6, 6.07) is 5.13. The van der Waals surface area contributed by atoms with Crippen LogP contribution < -0.4 is 11.1 Å².